The van der Waals surface area contributed by atoms with Crippen LogP contribution in [-0.4, -0.2) is 52.1 Å². The molecule has 0 bridgehead atoms. The summed E-state index contributed by atoms with van der Waals surface area (Å²) in [5.41, 5.74) is 2.88. The van der Waals surface area contributed by atoms with Crippen LogP contribution in [0.25, 0.3) is 0 Å². The van der Waals surface area contributed by atoms with Crippen LogP contribution in [0.3, 0.4) is 0 Å². The van der Waals surface area contributed by atoms with Gasteiger partial charge >= 0.3 is 11.9 Å². The van der Waals surface area contributed by atoms with Gasteiger partial charge in [0, 0.05) is 12.1 Å². The lowest BCUT2D eigenvalue weighted by Gasteiger charge is -2.32. The number of benzene rings is 1. The Bertz CT molecular complexity index is 933. The topological polar surface area (TPSA) is 99.9 Å². The predicted octanol–water partition coefficient (Wildman–Crippen LogP) is 2.37. The summed E-state index contributed by atoms with van der Waals surface area (Å²) >= 11 is 0. The molecule has 0 spiro atoms. The highest BCUT2D eigenvalue weighted by Crippen LogP contribution is 2.42. The van der Waals surface area contributed by atoms with E-state index in [4.69, 9.17) is 15.2 Å². The second kappa shape index (κ2) is 11.6. The van der Waals surface area contributed by atoms with Crippen LogP contribution >= 0.6 is 0 Å². The van der Waals surface area contributed by atoms with Crippen molar-refractivity contribution < 1.29 is 41.4 Å². The molecule has 0 fully saturated rings. The number of hydrogen-bond acceptors (Lipinski definition) is 7. The van der Waals surface area contributed by atoms with Gasteiger partial charge in [0.25, 0.3) is 0 Å². The van der Waals surface area contributed by atoms with Gasteiger partial charge in [-0.15, -0.1) is 0 Å². The summed E-state index contributed by atoms with van der Waals surface area (Å²) in [5.74, 6) is -8.38. The van der Waals surface area contributed by atoms with Gasteiger partial charge in [0.15, 0.2) is 11.6 Å². The largest absolute Gasteiger partial charge is 0.466 e. The number of methoxy groups -OCH3 is 1. The number of carbonyl (C=O) groups is 2. The van der Waals surface area contributed by atoms with Crippen molar-refractivity contribution in [2.75, 3.05) is 40.1 Å². The van der Waals surface area contributed by atoms with Crippen molar-refractivity contribution in [1.29, 1.82) is 0 Å². The van der Waals surface area contributed by atoms with Gasteiger partial charge in [-0.1, -0.05) is 6.92 Å². The molecule has 1 aromatic carbocycles. The molecule has 3 N–H and O–H groups in total. The molecule has 0 saturated carbocycles. The highest BCUT2D eigenvalue weighted by atomic mass is 19.2. The van der Waals surface area contributed by atoms with E-state index in [1.165, 1.54) is 0 Å². The fraction of sp³-hybridized carbons (Fsp3) is 0.429. The zero-order chi connectivity index (χ0) is 23.8. The van der Waals surface area contributed by atoms with Gasteiger partial charge in [0.05, 0.1) is 55.4 Å². The van der Waals surface area contributed by atoms with Gasteiger partial charge in [-0.25, -0.2) is 27.2 Å². The Labute approximate surface area is 182 Å². The fourth-order valence-corrected chi connectivity index (χ4v) is 3.25. The summed E-state index contributed by atoms with van der Waals surface area (Å²) in [6.07, 6.45) is 0.425. The van der Waals surface area contributed by atoms with Gasteiger partial charge in [0.2, 0.25) is 0 Å². The molecule has 176 valence electrons. The van der Waals surface area contributed by atoms with Gasteiger partial charge in [-0.05, 0) is 18.6 Å². The van der Waals surface area contributed by atoms with Crippen molar-refractivity contribution in [3.8, 4) is 0 Å². The minimum Gasteiger partial charge on any atom is -0.466 e. The van der Waals surface area contributed by atoms with Gasteiger partial charge in [0.1, 0.15) is 12.5 Å². The van der Waals surface area contributed by atoms with Crippen LogP contribution in [-0.2, 0) is 23.8 Å². The van der Waals surface area contributed by atoms with Crippen LogP contribution in [0.4, 0.5) is 17.6 Å². The molecule has 0 amide bonds. The highest BCUT2D eigenvalue weighted by Gasteiger charge is 2.43. The van der Waals surface area contributed by atoms with E-state index >= 15 is 0 Å². The summed E-state index contributed by atoms with van der Waals surface area (Å²) in [6, 6.07) is 1.19. The second-order valence-electron chi connectivity index (χ2n) is 6.70. The van der Waals surface area contributed by atoms with Crippen LogP contribution < -0.4 is 11.1 Å². The minimum absolute atomic E-state index is 0.0483. The van der Waals surface area contributed by atoms with Gasteiger partial charge in [-0.3, -0.25) is 0 Å². The molecule has 1 aromatic rings. The molecular formula is C21H24F4N2O5. The van der Waals surface area contributed by atoms with Crippen LogP contribution in [0.2, 0.25) is 0 Å². The van der Waals surface area contributed by atoms with Gasteiger partial charge < -0.3 is 25.3 Å². The first-order valence-electron chi connectivity index (χ1n) is 9.77. The monoisotopic (exact) mass is 460 g/mol. The van der Waals surface area contributed by atoms with E-state index < -0.39 is 64.4 Å². The number of alkyl halides is 1. The maximum Gasteiger partial charge on any atom is 0.336 e. The number of allylic oxidation sites excluding steroid dienone is 1. The van der Waals surface area contributed by atoms with Crippen molar-refractivity contribution in [3.05, 3.63) is 57.7 Å². The molecule has 0 saturated heterocycles. The maximum atomic E-state index is 14.8. The first kappa shape index (κ1) is 25.3. The smallest absolute Gasteiger partial charge is 0.336 e. The lowest BCUT2D eigenvalue weighted by molar-refractivity contribution is -0.139. The minimum atomic E-state index is -1.86. The first-order valence-corrected chi connectivity index (χ1v) is 9.77. The molecule has 1 aliphatic rings. The van der Waals surface area contributed by atoms with Crippen molar-refractivity contribution in [3.63, 3.8) is 0 Å². The highest BCUT2D eigenvalue weighted by molar-refractivity contribution is 6.00. The van der Waals surface area contributed by atoms with Crippen molar-refractivity contribution in [2.45, 2.75) is 19.3 Å². The number of nitrogens with one attached hydrogen (secondary N) is 1. The number of esters is 2. The number of hydrogen-bond donors (Lipinski definition) is 2. The third-order valence-corrected chi connectivity index (χ3v) is 4.60. The molecule has 11 heteroatoms. The Morgan fingerprint density at radius 1 is 1.06 bits per heavy atom. The number of dihydropyridines is 1. The van der Waals surface area contributed by atoms with E-state index in [1.807, 2.05) is 0 Å². The third-order valence-electron chi connectivity index (χ3n) is 4.60. The number of ether oxygens (including phenoxy) is 3. The molecular weight excluding hydrogens is 436 g/mol. The van der Waals surface area contributed by atoms with E-state index in [0.717, 1.165) is 7.11 Å². The molecule has 1 unspecified atom stereocenters. The van der Waals surface area contributed by atoms with Crippen molar-refractivity contribution in [1.82, 2.24) is 5.32 Å². The average molecular weight is 460 g/mol. The standard InChI is InChI=1S/C21H24F4N2O5/c1-3-7-32-21(29)17-14(10-31-8-6-26)27-13(9-22)16(20(28)30-2)18(17)15-11(23)4-5-12(24)19(15)25/h4-5,18,27H,3,6-10,26H2,1-2H3. The molecule has 1 aliphatic heterocycles. The zero-order valence-electron chi connectivity index (χ0n) is 17.6. The number of nitrogens with two attached hydrogens (primary N) is 1. The summed E-state index contributed by atoms with van der Waals surface area (Å²) in [6.45, 7) is 0.217. The Morgan fingerprint density at radius 3 is 2.31 bits per heavy atom. The Hall–Kier alpha value is -2.92. The molecule has 2 rings (SSSR count). The van der Waals surface area contributed by atoms with E-state index in [-0.39, 0.29) is 32.1 Å². The normalized spacial score (nSPS) is 16.2. The molecule has 0 aromatic heterocycles. The lowest BCUT2D eigenvalue weighted by Crippen LogP contribution is -2.37. The predicted molar refractivity (Wildman–Crippen MR) is 105 cm³/mol. The molecule has 32 heavy (non-hydrogen) atoms. The molecule has 0 aliphatic carbocycles. The Kier molecular flexibility index (Phi) is 9.21. The lowest BCUT2D eigenvalue weighted by atomic mass is 9.79. The zero-order valence-corrected chi connectivity index (χ0v) is 17.6. The summed E-state index contributed by atoms with van der Waals surface area (Å²) < 4.78 is 72.7. The summed E-state index contributed by atoms with van der Waals surface area (Å²) in [5, 5.41) is 2.57. The van der Waals surface area contributed by atoms with Gasteiger partial charge in [-0.2, -0.15) is 0 Å². The van der Waals surface area contributed by atoms with Crippen molar-refractivity contribution >= 4 is 11.9 Å². The van der Waals surface area contributed by atoms with E-state index in [9.17, 15) is 27.2 Å². The van der Waals surface area contributed by atoms with Crippen LogP contribution in [0, 0.1) is 17.5 Å². The molecule has 7 nitrogen and oxygen atoms in total. The average Bonchev–Trinajstić information content (AvgIpc) is 2.79. The Morgan fingerprint density at radius 2 is 1.72 bits per heavy atom. The Balaban J connectivity index is 2.83. The quantitative estimate of drug-likeness (QED) is 0.239. The number of carbonyl (C=O) groups excluding carboxylic acids is 2. The fourth-order valence-electron chi connectivity index (χ4n) is 3.25. The molecule has 1 heterocycles. The number of rotatable bonds is 10. The third kappa shape index (κ3) is 5.28. The second-order valence-corrected chi connectivity index (χ2v) is 6.70. The molecule has 0 radical (unpaired) electrons. The van der Waals surface area contributed by atoms with E-state index in [1.54, 1.807) is 6.92 Å². The summed E-state index contributed by atoms with van der Waals surface area (Å²) in [7, 11) is 0.971. The van der Waals surface area contributed by atoms with Crippen LogP contribution in [0.15, 0.2) is 34.7 Å². The molecule has 1 atom stereocenters. The van der Waals surface area contributed by atoms with Crippen LogP contribution in [0.5, 0.6) is 0 Å². The summed E-state index contributed by atoms with van der Waals surface area (Å²) in [4.78, 5) is 25.5. The SMILES string of the molecule is CCCOC(=O)C1=C(COCCN)NC(CF)=C(C(=O)OC)C1c1c(F)ccc(F)c1F. The van der Waals surface area contributed by atoms with Crippen LogP contribution in [0.1, 0.15) is 24.8 Å². The first-order chi connectivity index (χ1) is 15.3. The maximum absolute atomic E-state index is 14.8. The van der Waals surface area contributed by atoms with Crippen molar-refractivity contribution in [2.24, 2.45) is 5.73 Å². The number of halogens is 4. The van der Waals surface area contributed by atoms with E-state index in [0.29, 0.717) is 18.6 Å². The van der Waals surface area contributed by atoms with E-state index in [2.05, 4.69) is 10.1 Å².